The van der Waals surface area contributed by atoms with E-state index in [1.54, 1.807) is 18.2 Å². The average Bonchev–Trinajstić information content (AvgIpc) is 2.47. The third kappa shape index (κ3) is 3.46. The molecule has 2 aromatic rings. The van der Waals surface area contributed by atoms with Crippen LogP contribution in [0.15, 0.2) is 36.4 Å². The number of amides is 1. The smallest absolute Gasteiger partial charge is 0.253 e. The first-order valence-corrected chi connectivity index (χ1v) is 8.68. The number of hydrogen-bond donors (Lipinski definition) is 1. The van der Waals surface area contributed by atoms with Gasteiger partial charge >= 0.3 is 0 Å². The third-order valence-corrected chi connectivity index (χ3v) is 5.34. The van der Waals surface area contributed by atoms with Crippen molar-refractivity contribution >= 4 is 52.3 Å². The van der Waals surface area contributed by atoms with Gasteiger partial charge in [0.2, 0.25) is 0 Å². The summed E-state index contributed by atoms with van der Waals surface area (Å²) in [6.07, 6.45) is 1.81. The SMILES string of the molecule is O=C(N[C@@H]1CC[C@@H]1c1c(Cl)cccc1Cl)c1ccc(Cl)cc1Cl. The highest BCUT2D eigenvalue weighted by Crippen LogP contribution is 2.43. The van der Waals surface area contributed by atoms with E-state index in [2.05, 4.69) is 5.32 Å². The number of rotatable bonds is 3. The van der Waals surface area contributed by atoms with Crippen LogP contribution in [0.25, 0.3) is 0 Å². The highest BCUT2D eigenvalue weighted by Gasteiger charge is 2.36. The van der Waals surface area contributed by atoms with Crippen LogP contribution in [0.3, 0.4) is 0 Å². The zero-order valence-corrected chi connectivity index (χ0v) is 15.0. The van der Waals surface area contributed by atoms with E-state index in [4.69, 9.17) is 46.4 Å². The minimum absolute atomic E-state index is 0.00774. The van der Waals surface area contributed by atoms with Crippen molar-refractivity contribution in [3.63, 3.8) is 0 Å². The van der Waals surface area contributed by atoms with Gasteiger partial charge in [-0.05, 0) is 48.7 Å². The average molecular weight is 389 g/mol. The molecule has 0 unspecified atom stereocenters. The summed E-state index contributed by atoms with van der Waals surface area (Å²) < 4.78 is 0. The van der Waals surface area contributed by atoms with Crippen molar-refractivity contribution in [1.29, 1.82) is 0 Å². The molecule has 0 heterocycles. The number of hydrogen-bond acceptors (Lipinski definition) is 1. The Morgan fingerprint density at radius 2 is 1.65 bits per heavy atom. The Balaban J connectivity index is 1.77. The quantitative estimate of drug-likeness (QED) is 0.688. The molecule has 3 rings (SSSR count). The van der Waals surface area contributed by atoms with Crippen LogP contribution in [0.1, 0.15) is 34.7 Å². The van der Waals surface area contributed by atoms with E-state index in [0.29, 0.717) is 25.7 Å². The summed E-state index contributed by atoms with van der Waals surface area (Å²) in [4.78, 5) is 12.4. The Hall–Kier alpha value is -0.930. The van der Waals surface area contributed by atoms with Crippen molar-refractivity contribution < 1.29 is 4.79 Å². The Morgan fingerprint density at radius 3 is 2.22 bits per heavy atom. The molecule has 0 aliphatic heterocycles. The highest BCUT2D eigenvalue weighted by atomic mass is 35.5. The van der Waals surface area contributed by atoms with E-state index in [0.717, 1.165) is 18.4 Å². The van der Waals surface area contributed by atoms with Gasteiger partial charge in [-0.1, -0.05) is 52.5 Å². The summed E-state index contributed by atoms with van der Waals surface area (Å²) in [5.41, 5.74) is 1.31. The minimum atomic E-state index is -0.218. The van der Waals surface area contributed by atoms with Crippen molar-refractivity contribution in [3.05, 3.63) is 67.6 Å². The largest absolute Gasteiger partial charge is 0.349 e. The van der Waals surface area contributed by atoms with E-state index in [1.807, 2.05) is 18.2 Å². The molecule has 1 fully saturated rings. The topological polar surface area (TPSA) is 29.1 Å². The van der Waals surface area contributed by atoms with Gasteiger partial charge in [-0.25, -0.2) is 0 Å². The molecule has 1 aliphatic rings. The normalized spacial score (nSPS) is 20.0. The Labute approximate surface area is 154 Å². The molecule has 0 bridgehead atoms. The lowest BCUT2D eigenvalue weighted by Crippen LogP contribution is -2.45. The number of carbonyl (C=O) groups excluding carboxylic acids is 1. The predicted molar refractivity (Wildman–Crippen MR) is 96.2 cm³/mol. The zero-order chi connectivity index (χ0) is 16.6. The maximum atomic E-state index is 12.4. The van der Waals surface area contributed by atoms with Gasteiger partial charge < -0.3 is 5.32 Å². The van der Waals surface area contributed by atoms with Crippen LogP contribution in [-0.2, 0) is 0 Å². The van der Waals surface area contributed by atoms with Crippen LogP contribution in [0.5, 0.6) is 0 Å². The van der Waals surface area contributed by atoms with Crippen molar-refractivity contribution in [1.82, 2.24) is 5.32 Å². The highest BCUT2D eigenvalue weighted by molar-refractivity contribution is 6.37. The molecule has 23 heavy (non-hydrogen) atoms. The molecule has 0 saturated heterocycles. The van der Waals surface area contributed by atoms with E-state index in [9.17, 15) is 4.79 Å². The number of benzene rings is 2. The first-order chi connectivity index (χ1) is 11.0. The first-order valence-electron chi connectivity index (χ1n) is 7.17. The van der Waals surface area contributed by atoms with Crippen LogP contribution in [0, 0.1) is 0 Å². The van der Waals surface area contributed by atoms with E-state index >= 15 is 0 Å². The second kappa shape index (κ2) is 6.90. The van der Waals surface area contributed by atoms with Crippen LogP contribution < -0.4 is 5.32 Å². The molecular weight excluding hydrogens is 376 g/mol. The van der Waals surface area contributed by atoms with Crippen LogP contribution in [0.4, 0.5) is 0 Å². The van der Waals surface area contributed by atoms with E-state index in [1.165, 1.54) is 0 Å². The van der Waals surface area contributed by atoms with E-state index in [-0.39, 0.29) is 17.9 Å². The molecular formula is C17H13Cl4NO. The molecule has 120 valence electrons. The maximum Gasteiger partial charge on any atom is 0.253 e. The summed E-state index contributed by atoms with van der Waals surface area (Å²) >= 11 is 24.5. The third-order valence-electron chi connectivity index (χ3n) is 4.14. The molecule has 0 aromatic heterocycles. The van der Waals surface area contributed by atoms with Gasteiger partial charge in [0.15, 0.2) is 0 Å². The van der Waals surface area contributed by atoms with Gasteiger partial charge in [-0.15, -0.1) is 0 Å². The van der Waals surface area contributed by atoms with Gasteiger partial charge in [0.05, 0.1) is 10.6 Å². The summed E-state index contributed by atoms with van der Waals surface area (Å²) in [6, 6.07) is 10.3. The van der Waals surface area contributed by atoms with Gasteiger partial charge in [0, 0.05) is 27.0 Å². The summed E-state index contributed by atoms with van der Waals surface area (Å²) in [5, 5.41) is 5.10. The first kappa shape index (κ1) is 16.9. The standard InChI is InChI=1S/C17H13Cl4NO/c18-9-4-5-10(14(21)8-9)17(23)22-15-7-6-11(15)16-12(19)2-1-3-13(16)20/h1-5,8,11,15H,6-7H2,(H,22,23)/t11-,15+/m0/s1. The molecule has 1 saturated carbocycles. The molecule has 6 heteroatoms. The van der Waals surface area contributed by atoms with Crippen molar-refractivity contribution in [2.24, 2.45) is 0 Å². The molecule has 1 amide bonds. The Kier molecular flexibility index (Phi) is 5.07. The van der Waals surface area contributed by atoms with E-state index < -0.39 is 0 Å². The van der Waals surface area contributed by atoms with Crippen LogP contribution in [0.2, 0.25) is 20.1 Å². The second-order valence-electron chi connectivity index (χ2n) is 5.52. The molecule has 0 spiro atoms. The number of nitrogens with one attached hydrogen (secondary N) is 1. The molecule has 1 aliphatic carbocycles. The summed E-state index contributed by atoms with van der Waals surface area (Å²) in [6.45, 7) is 0. The summed E-state index contributed by atoms with van der Waals surface area (Å²) in [5.74, 6) is -0.101. The lowest BCUT2D eigenvalue weighted by atomic mass is 9.75. The number of carbonyl (C=O) groups is 1. The predicted octanol–water partition coefficient (Wildman–Crippen LogP) is 5.98. The molecule has 2 nitrogen and oxygen atoms in total. The summed E-state index contributed by atoms with van der Waals surface area (Å²) in [7, 11) is 0. The Bertz CT molecular complexity index is 742. The number of halogens is 4. The second-order valence-corrected chi connectivity index (χ2v) is 7.18. The monoisotopic (exact) mass is 387 g/mol. The lowest BCUT2D eigenvalue weighted by molar-refractivity contribution is 0.0905. The Morgan fingerprint density at radius 1 is 0.957 bits per heavy atom. The fraction of sp³-hybridized carbons (Fsp3) is 0.235. The minimum Gasteiger partial charge on any atom is -0.349 e. The molecule has 2 atom stereocenters. The lowest BCUT2D eigenvalue weighted by Gasteiger charge is -2.38. The van der Waals surface area contributed by atoms with Gasteiger partial charge in [-0.3, -0.25) is 4.79 Å². The van der Waals surface area contributed by atoms with Gasteiger partial charge in [0.25, 0.3) is 5.91 Å². The molecule has 0 radical (unpaired) electrons. The van der Waals surface area contributed by atoms with Crippen molar-refractivity contribution in [2.75, 3.05) is 0 Å². The van der Waals surface area contributed by atoms with Gasteiger partial charge in [-0.2, -0.15) is 0 Å². The van der Waals surface area contributed by atoms with Crippen LogP contribution >= 0.6 is 46.4 Å². The fourth-order valence-electron chi connectivity index (χ4n) is 2.80. The molecule has 1 N–H and O–H groups in total. The zero-order valence-electron chi connectivity index (χ0n) is 12.0. The fourth-order valence-corrected chi connectivity index (χ4v) is 3.98. The van der Waals surface area contributed by atoms with Crippen LogP contribution in [-0.4, -0.2) is 11.9 Å². The van der Waals surface area contributed by atoms with Crippen molar-refractivity contribution in [3.8, 4) is 0 Å². The van der Waals surface area contributed by atoms with Gasteiger partial charge in [0.1, 0.15) is 0 Å². The molecule has 2 aromatic carbocycles. The van der Waals surface area contributed by atoms with Crippen molar-refractivity contribution in [2.45, 2.75) is 24.8 Å². The maximum absolute atomic E-state index is 12.4.